The van der Waals surface area contributed by atoms with Crippen LogP contribution in [0.4, 0.5) is 0 Å². The number of aliphatic hydroxyl groups is 1. The third-order valence-electron chi connectivity index (χ3n) is 4.18. The molecule has 1 aromatic heterocycles. The average Bonchev–Trinajstić information content (AvgIpc) is 2.80. The number of rotatable bonds is 7. The third kappa shape index (κ3) is 4.43. The number of aryl methyl sites for hydroxylation is 1. The predicted molar refractivity (Wildman–Crippen MR) is 94.9 cm³/mol. The molecule has 2 aromatic rings. The first-order valence-corrected chi connectivity index (χ1v) is 8.43. The quantitative estimate of drug-likeness (QED) is 0.821. The van der Waals surface area contributed by atoms with Gasteiger partial charge in [0.25, 0.3) is 0 Å². The first kappa shape index (κ1) is 17.7. The maximum Gasteiger partial charge on any atom is 0.0667 e. The standard InChI is InChI=1S/C19H29N3O/c1-13(2)11-18(23)12-20-14(3)19-15(4)21-22(16(19)5)17-9-7-6-8-10-17/h6-10,13-14,18,20,23H,11-12H2,1-5H3. The zero-order chi connectivity index (χ0) is 17.0. The van der Waals surface area contributed by atoms with Crippen molar-refractivity contribution in [2.75, 3.05) is 6.54 Å². The summed E-state index contributed by atoms with van der Waals surface area (Å²) in [6.07, 6.45) is 0.517. The lowest BCUT2D eigenvalue weighted by molar-refractivity contribution is 0.143. The van der Waals surface area contributed by atoms with Gasteiger partial charge in [0.2, 0.25) is 0 Å². The van der Waals surface area contributed by atoms with Crippen molar-refractivity contribution in [3.8, 4) is 5.69 Å². The fourth-order valence-electron chi connectivity index (χ4n) is 3.14. The highest BCUT2D eigenvalue weighted by Gasteiger charge is 2.19. The topological polar surface area (TPSA) is 50.1 Å². The van der Waals surface area contributed by atoms with E-state index in [4.69, 9.17) is 5.10 Å². The van der Waals surface area contributed by atoms with Crippen LogP contribution in [-0.2, 0) is 0 Å². The molecule has 2 unspecified atom stereocenters. The first-order chi connectivity index (χ1) is 10.9. The van der Waals surface area contributed by atoms with Gasteiger partial charge in [-0.15, -0.1) is 0 Å². The first-order valence-electron chi connectivity index (χ1n) is 8.43. The molecule has 23 heavy (non-hydrogen) atoms. The van der Waals surface area contributed by atoms with Crippen LogP contribution in [0.3, 0.4) is 0 Å². The third-order valence-corrected chi connectivity index (χ3v) is 4.18. The molecule has 4 nitrogen and oxygen atoms in total. The van der Waals surface area contributed by atoms with Crippen molar-refractivity contribution in [2.24, 2.45) is 5.92 Å². The number of para-hydroxylation sites is 1. The Labute approximate surface area is 139 Å². The maximum absolute atomic E-state index is 10.1. The second-order valence-corrected chi connectivity index (χ2v) is 6.75. The van der Waals surface area contributed by atoms with E-state index in [0.29, 0.717) is 12.5 Å². The molecule has 0 aliphatic heterocycles. The Balaban J connectivity index is 2.12. The highest BCUT2D eigenvalue weighted by atomic mass is 16.3. The normalized spacial score (nSPS) is 14.2. The minimum absolute atomic E-state index is 0.161. The van der Waals surface area contributed by atoms with Crippen molar-refractivity contribution in [2.45, 2.75) is 53.2 Å². The van der Waals surface area contributed by atoms with Gasteiger partial charge >= 0.3 is 0 Å². The largest absolute Gasteiger partial charge is 0.392 e. The molecule has 1 heterocycles. The molecular formula is C19H29N3O. The lowest BCUT2D eigenvalue weighted by atomic mass is 10.0. The monoisotopic (exact) mass is 315 g/mol. The number of nitrogens with zero attached hydrogens (tertiary/aromatic N) is 2. The fraction of sp³-hybridized carbons (Fsp3) is 0.526. The minimum Gasteiger partial charge on any atom is -0.392 e. The Kier molecular flexibility index (Phi) is 5.97. The van der Waals surface area contributed by atoms with Gasteiger partial charge in [-0.05, 0) is 45.2 Å². The molecular weight excluding hydrogens is 286 g/mol. The van der Waals surface area contributed by atoms with Crippen LogP contribution < -0.4 is 5.32 Å². The van der Waals surface area contributed by atoms with Crippen LogP contribution in [0.2, 0.25) is 0 Å². The van der Waals surface area contributed by atoms with Gasteiger partial charge in [0, 0.05) is 23.8 Å². The number of nitrogens with one attached hydrogen (secondary N) is 1. The smallest absolute Gasteiger partial charge is 0.0667 e. The van der Waals surface area contributed by atoms with Crippen LogP contribution in [0.1, 0.15) is 50.2 Å². The number of aromatic nitrogens is 2. The average molecular weight is 315 g/mol. The van der Waals surface area contributed by atoms with Gasteiger partial charge in [-0.25, -0.2) is 4.68 Å². The van der Waals surface area contributed by atoms with E-state index in [9.17, 15) is 5.11 Å². The zero-order valence-corrected chi connectivity index (χ0v) is 14.9. The van der Waals surface area contributed by atoms with Gasteiger partial charge in [0.15, 0.2) is 0 Å². The fourth-order valence-corrected chi connectivity index (χ4v) is 3.14. The predicted octanol–water partition coefficient (Wildman–Crippen LogP) is 3.55. The molecule has 0 spiro atoms. The van der Waals surface area contributed by atoms with Gasteiger partial charge in [-0.1, -0.05) is 32.0 Å². The minimum atomic E-state index is -0.303. The van der Waals surface area contributed by atoms with Crippen LogP contribution in [0.5, 0.6) is 0 Å². The lowest BCUT2D eigenvalue weighted by Crippen LogP contribution is -2.30. The molecule has 1 aromatic carbocycles. The van der Waals surface area contributed by atoms with Crippen LogP contribution in [0, 0.1) is 19.8 Å². The molecule has 0 radical (unpaired) electrons. The number of aliphatic hydroxyl groups excluding tert-OH is 1. The molecule has 0 saturated carbocycles. The Morgan fingerprint density at radius 3 is 2.39 bits per heavy atom. The summed E-state index contributed by atoms with van der Waals surface area (Å²) in [5, 5.41) is 18.2. The highest BCUT2D eigenvalue weighted by Crippen LogP contribution is 2.24. The van der Waals surface area contributed by atoms with E-state index in [0.717, 1.165) is 23.5 Å². The molecule has 4 heteroatoms. The van der Waals surface area contributed by atoms with Crippen LogP contribution >= 0.6 is 0 Å². The summed E-state index contributed by atoms with van der Waals surface area (Å²) in [4.78, 5) is 0. The van der Waals surface area contributed by atoms with Crippen LogP contribution in [-0.4, -0.2) is 27.5 Å². The molecule has 0 bridgehead atoms. The van der Waals surface area contributed by atoms with E-state index in [-0.39, 0.29) is 12.1 Å². The molecule has 0 aliphatic carbocycles. The summed E-state index contributed by atoms with van der Waals surface area (Å²) in [6, 6.07) is 10.3. The Bertz CT molecular complexity index is 619. The van der Waals surface area contributed by atoms with Gasteiger partial charge in [-0.3, -0.25) is 0 Å². The maximum atomic E-state index is 10.1. The van der Waals surface area contributed by atoms with E-state index in [1.165, 1.54) is 5.56 Å². The second-order valence-electron chi connectivity index (χ2n) is 6.75. The second kappa shape index (κ2) is 7.75. The Morgan fingerprint density at radius 1 is 1.13 bits per heavy atom. The summed E-state index contributed by atoms with van der Waals surface area (Å²) >= 11 is 0. The van der Waals surface area contributed by atoms with E-state index in [2.05, 4.69) is 45.1 Å². The van der Waals surface area contributed by atoms with E-state index in [1.807, 2.05) is 29.8 Å². The van der Waals surface area contributed by atoms with E-state index < -0.39 is 0 Å². The number of hydrogen-bond donors (Lipinski definition) is 2. The number of benzene rings is 1. The van der Waals surface area contributed by atoms with Crippen molar-refractivity contribution in [1.82, 2.24) is 15.1 Å². The van der Waals surface area contributed by atoms with Crippen LogP contribution in [0.25, 0.3) is 5.69 Å². The molecule has 0 amide bonds. The van der Waals surface area contributed by atoms with E-state index in [1.54, 1.807) is 0 Å². The van der Waals surface area contributed by atoms with Crippen molar-refractivity contribution >= 4 is 0 Å². The van der Waals surface area contributed by atoms with Crippen molar-refractivity contribution < 1.29 is 5.11 Å². The van der Waals surface area contributed by atoms with Gasteiger partial charge in [0.1, 0.15) is 0 Å². The van der Waals surface area contributed by atoms with Crippen molar-refractivity contribution in [1.29, 1.82) is 0 Å². The Hall–Kier alpha value is -1.65. The van der Waals surface area contributed by atoms with Crippen LogP contribution in [0.15, 0.2) is 30.3 Å². The van der Waals surface area contributed by atoms with E-state index >= 15 is 0 Å². The summed E-state index contributed by atoms with van der Waals surface area (Å²) < 4.78 is 1.99. The molecule has 126 valence electrons. The summed E-state index contributed by atoms with van der Waals surface area (Å²) in [6.45, 7) is 11.1. The number of hydrogen-bond acceptors (Lipinski definition) is 3. The molecule has 2 atom stereocenters. The van der Waals surface area contributed by atoms with Gasteiger partial charge < -0.3 is 10.4 Å². The molecule has 2 N–H and O–H groups in total. The molecule has 0 fully saturated rings. The SMILES string of the molecule is Cc1nn(-c2ccccc2)c(C)c1C(C)NCC(O)CC(C)C. The molecule has 2 rings (SSSR count). The summed E-state index contributed by atoms with van der Waals surface area (Å²) in [5.74, 6) is 0.506. The van der Waals surface area contributed by atoms with Gasteiger partial charge in [-0.2, -0.15) is 5.10 Å². The molecule has 0 saturated heterocycles. The summed E-state index contributed by atoms with van der Waals surface area (Å²) in [5.41, 5.74) is 4.47. The Morgan fingerprint density at radius 2 is 1.78 bits per heavy atom. The summed E-state index contributed by atoms with van der Waals surface area (Å²) in [7, 11) is 0. The zero-order valence-electron chi connectivity index (χ0n) is 14.9. The molecule has 0 aliphatic rings. The van der Waals surface area contributed by atoms with Crippen molar-refractivity contribution in [3.05, 3.63) is 47.3 Å². The van der Waals surface area contributed by atoms with Gasteiger partial charge in [0.05, 0.1) is 17.5 Å². The lowest BCUT2D eigenvalue weighted by Gasteiger charge is -2.19. The highest BCUT2D eigenvalue weighted by molar-refractivity contribution is 5.38. The van der Waals surface area contributed by atoms with Crippen molar-refractivity contribution in [3.63, 3.8) is 0 Å².